The number of nitrogens with one attached hydrogen (secondary N) is 1. The zero-order valence-corrected chi connectivity index (χ0v) is 11.6. The van der Waals surface area contributed by atoms with E-state index in [0.717, 1.165) is 0 Å². The predicted molar refractivity (Wildman–Crippen MR) is 73.7 cm³/mol. The molecule has 1 aromatic carbocycles. The standard InChI is InChI=1S/C12H15ClN2O2S/c1-3-5-10(4-2)15-18(16,17)12-7-6-9(14)8-11(12)13/h1,6-8,10,15H,4-5,14H2,2H3. The van der Waals surface area contributed by atoms with E-state index >= 15 is 0 Å². The summed E-state index contributed by atoms with van der Waals surface area (Å²) in [5.74, 6) is 2.44. The van der Waals surface area contributed by atoms with Crippen molar-refractivity contribution in [2.75, 3.05) is 5.73 Å². The van der Waals surface area contributed by atoms with Crippen LogP contribution in [0, 0.1) is 12.3 Å². The first-order valence-electron chi connectivity index (χ1n) is 5.41. The molecule has 1 atom stereocenters. The molecule has 1 aromatic rings. The van der Waals surface area contributed by atoms with Crippen LogP contribution in [0.25, 0.3) is 0 Å². The van der Waals surface area contributed by atoms with Crippen LogP contribution in [0.5, 0.6) is 0 Å². The quantitative estimate of drug-likeness (QED) is 0.642. The molecule has 0 heterocycles. The van der Waals surface area contributed by atoms with Crippen LogP contribution in [0.3, 0.4) is 0 Å². The Labute approximate surface area is 113 Å². The molecule has 3 N–H and O–H groups in total. The molecular weight excluding hydrogens is 272 g/mol. The minimum Gasteiger partial charge on any atom is -0.399 e. The van der Waals surface area contributed by atoms with Gasteiger partial charge in [-0.05, 0) is 24.6 Å². The number of terminal acetylenes is 1. The Morgan fingerprint density at radius 2 is 2.22 bits per heavy atom. The Balaban J connectivity index is 3.03. The zero-order valence-electron chi connectivity index (χ0n) is 9.98. The highest BCUT2D eigenvalue weighted by molar-refractivity contribution is 7.89. The van der Waals surface area contributed by atoms with Crippen molar-refractivity contribution >= 4 is 27.3 Å². The second-order valence-corrected chi connectivity index (χ2v) is 5.91. The molecule has 6 heteroatoms. The number of nitrogens with two attached hydrogens (primary N) is 1. The van der Waals surface area contributed by atoms with Crippen molar-refractivity contribution in [1.29, 1.82) is 0 Å². The maximum absolute atomic E-state index is 12.1. The fraction of sp³-hybridized carbons (Fsp3) is 0.333. The van der Waals surface area contributed by atoms with Gasteiger partial charge in [-0.1, -0.05) is 18.5 Å². The van der Waals surface area contributed by atoms with Crippen molar-refractivity contribution in [2.45, 2.75) is 30.7 Å². The number of rotatable bonds is 5. The van der Waals surface area contributed by atoms with Crippen molar-refractivity contribution in [3.63, 3.8) is 0 Å². The molecule has 4 nitrogen and oxygen atoms in total. The summed E-state index contributed by atoms with van der Waals surface area (Å²) >= 11 is 5.88. The highest BCUT2D eigenvalue weighted by Gasteiger charge is 2.21. The normalized spacial score (nSPS) is 12.9. The Morgan fingerprint density at radius 3 is 2.72 bits per heavy atom. The summed E-state index contributed by atoms with van der Waals surface area (Å²) in [6, 6.07) is 3.97. The fourth-order valence-electron chi connectivity index (χ4n) is 1.43. The summed E-state index contributed by atoms with van der Waals surface area (Å²) < 4.78 is 26.7. The van der Waals surface area contributed by atoms with Crippen LogP contribution in [-0.4, -0.2) is 14.5 Å². The molecule has 0 aromatic heterocycles. The zero-order chi connectivity index (χ0) is 13.8. The molecule has 1 unspecified atom stereocenters. The molecule has 18 heavy (non-hydrogen) atoms. The molecule has 1 rings (SSSR count). The van der Waals surface area contributed by atoms with Gasteiger partial charge in [-0.2, -0.15) is 0 Å². The number of hydrogen-bond acceptors (Lipinski definition) is 3. The van der Waals surface area contributed by atoms with Gasteiger partial charge in [-0.25, -0.2) is 13.1 Å². The van der Waals surface area contributed by atoms with Crippen molar-refractivity contribution in [2.24, 2.45) is 0 Å². The Bertz CT molecular complexity index is 564. The molecule has 0 fully saturated rings. The predicted octanol–water partition coefficient (Wildman–Crippen LogP) is 2.00. The van der Waals surface area contributed by atoms with Crippen LogP contribution in [0.2, 0.25) is 5.02 Å². The largest absolute Gasteiger partial charge is 0.399 e. The van der Waals surface area contributed by atoms with Crippen molar-refractivity contribution in [1.82, 2.24) is 4.72 Å². The van der Waals surface area contributed by atoms with Crippen LogP contribution in [0.15, 0.2) is 23.1 Å². The monoisotopic (exact) mass is 286 g/mol. The van der Waals surface area contributed by atoms with Crippen molar-refractivity contribution in [3.8, 4) is 12.3 Å². The summed E-state index contributed by atoms with van der Waals surface area (Å²) in [6.45, 7) is 1.86. The van der Waals surface area contributed by atoms with Gasteiger partial charge in [0, 0.05) is 18.2 Å². The lowest BCUT2D eigenvalue weighted by Gasteiger charge is -2.15. The third kappa shape index (κ3) is 3.64. The lowest BCUT2D eigenvalue weighted by Crippen LogP contribution is -2.34. The first-order chi connectivity index (χ1) is 8.40. The second kappa shape index (κ2) is 6.10. The molecule has 98 valence electrons. The minimum absolute atomic E-state index is 0.00818. The molecule has 0 aliphatic carbocycles. The van der Waals surface area contributed by atoms with E-state index in [4.69, 9.17) is 23.8 Å². The number of benzene rings is 1. The van der Waals surface area contributed by atoms with Crippen molar-refractivity contribution < 1.29 is 8.42 Å². The molecule has 0 radical (unpaired) electrons. The number of anilines is 1. The summed E-state index contributed by atoms with van der Waals surface area (Å²) in [5.41, 5.74) is 5.93. The van der Waals surface area contributed by atoms with E-state index in [1.807, 2.05) is 6.92 Å². The third-order valence-corrected chi connectivity index (χ3v) is 4.43. The Hall–Kier alpha value is -1.22. The minimum atomic E-state index is -3.67. The van der Waals surface area contributed by atoms with E-state index in [0.29, 0.717) is 18.5 Å². The van der Waals surface area contributed by atoms with E-state index in [1.54, 1.807) is 0 Å². The van der Waals surface area contributed by atoms with Gasteiger partial charge in [0.1, 0.15) is 4.90 Å². The summed E-state index contributed by atoms with van der Waals surface area (Å²) in [4.78, 5) is 0.00818. The van der Waals surface area contributed by atoms with Crippen LogP contribution in [0.1, 0.15) is 19.8 Å². The molecule has 0 aliphatic rings. The van der Waals surface area contributed by atoms with Gasteiger partial charge in [-0.15, -0.1) is 12.3 Å². The molecule has 0 aliphatic heterocycles. The van der Waals surface area contributed by atoms with Gasteiger partial charge >= 0.3 is 0 Å². The van der Waals surface area contributed by atoms with Gasteiger partial charge in [0.05, 0.1) is 5.02 Å². The molecule has 0 saturated carbocycles. The molecule has 0 saturated heterocycles. The van der Waals surface area contributed by atoms with E-state index in [9.17, 15) is 8.42 Å². The summed E-state index contributed by atoms with van der Waals surface area (Å²) in [6.07, 6.45) is 6.13. The highest BCUT2D eigenvalue weighted by Crippen LogP contribution is 2.24. The average Bonchev–Trinajstić information content (AvgIpc) is 2.27. The number of hydrogen-bond donors (Lipinski definition) is 2. The van der Waals surface area contributed by atoms with E-state index in [2.05, 4.69) is 10.6 Å². The SMILES string of the molecule is C#CCC(CC)NS(=O)(=O)c1ccc(N)cc1Cl. The van der Waals surface area contributed by atoms with Gasteiger partial charge in [-0.3, -0.25) is 0 Å². The van der Waals surface area contributed by atoms with Crippen LogP contribution in [0.4, 0.5) is 5.69 Å². The van der Waals surface area contributed by atoms with Crippen LogP contribution in [-0.2, 0) is 10.0 Å². The van der Waals surface area contributed by atoms with E-state index < -0.39 is 10.0 Å². The lowest BCUT2D eigenvalue weighted by atomic mass is 10.2. The molecule has 0 amide bonds. The van der Waals surface area contributed by atoms with E-state index in [-0.39, 0.29) is 16.0 Å². The maximum Gasteiger partial charge on any atom is 0.242 e. The maximum atomic E-state index is 12.1. The number of sulfonamides is 1. The molecule has 0 spiro atoms. The molecule has 0 bridgehead atoms. The van der Waals surface area contributed by atoms with Gasteiger partial charge in [0.2, 0.25) is 10.0 Å². The highest BCUT2D eigenvalue weighted by atomic mass is 35.5. The van der Waals surface area contributed by atoms with E-state index in [1.165, 1.54) is 18.2 Å². The smallest absolute Gasteiger partial charge is 0.242 e. The number of nitrogen functional groups attached to an aromatic ring is 1. The van der Waals surface area contributed by atoms with Crippen molar-refractivity contribution in [3.05, 3.63) is 23.2 Å². The van der Waals surface area contributed by atoms with Crippen LogP contribution >= 0.6 is 11.6 Å². The Kier molecular flexibility index (Phi) is 5.03. The first kappa shape index (κ1) is 14.8. The fourth-order valence-corrected chi connectivity index (χ4v) is 3.30. The summed E-state index contributed by atoms with van der Waals surface area (Å²) in [7, 11) is -3.67. The van der Waals surface area contributed by atoms with Gasteiger partial charge in [0.25, 0.3) is 0 Å². The molecular formula is C12H15ClN2O2S. The first-order valence-corrected chi connectivity index (χ1v) is 7.27. The summed E-state index contributed by atoms with van der Waals surface area (Å²) in [5, 5.41) is 0.0954. The average molecular weight is 287 g/mol. The van der Waals surface area contributed by atoms with Gasteiger partial charge in [0.15, 0.2) is 0 Å². The second-order valence-electron chi connectivity index (χ2n) is 3.82. The topological polar surface area (TPSA) is 72.2 Å². The Morgan fingerprint density at radius 1 is 1.56 bits per heavy atom. The van der Waals surface area contributed by atoms with Gasteiger partial charge < -0.3 is 5.73 Å². The number of halogens is 1. The third-order valence-electron chi connectivity index (χ3n) is 2.42. The van der Waals surface area contributed by atoms with Crippen LogP contribution < -0.4 is 10.5 Å². The lowest BCUT2D eigenvalue weighted by molar-refractivity contribution is 0.544.